The van der Waals surface area contributed by atoms with E-state index in [1.807, 2.05) is 0 Å². The first kappa shape index (κ1) is 14.1. The molecule has 0 spiro atoms. The third kappa shape index (κ3) is 3.82. The number of carbonyl (C=O) groups is 2. The van der Waals surface area contributed by atoms with Crippen LogP contribution in [0, 0.1) is 0 Å². The zero-order chi connectivity index (χ0) is 13.8. The highest BCUT2D eigenvalue weighted by Gasteiger charge is 2.23. The molecule has 0 aliphatic rings. The molecule has 8 heteroatoms. The highest BCUT2D eigenvalue weighted by molar-refractivity contribution is 7.90. The average molecular weight is 272 g/mol. The molecule has 0 saturated heterocycles. The molecule has 0 heterocycles. The number of hydrogen-bond acceptors (Lipinski definition) is 5. The van der Waals surface area contributed by atoms with Gasteiger partial charge in [0.2, 0.25) is 0 Å². The topological polar surface area (TPSA) is 127 Å². The number of amides is 1. The van der Waals surface area contributed by atoms with Crippen LogP contribution in [0.4, 0.5) is 0 Å². The molecule has 0 aromatic heterocycles. The van der Waals surface area contributed by atoms with Crippen LogP contribution in [0.2, 0.25) is 0 Å². The van der Waals surface area contributed by atoms with Gasteiger partial charge >= 0.3 is 5.97 Å². The molecule has 1 atom stereocenters. The second-order valence-corrected chi connectivity index (χ2v) is 5.17. The fourth-order valence-corrected chi connectivity index (χ4v) is 2.20. The van der Waals surface area contributed by atoms with Gasteiger partial charge in [0.05, 0.1) is 17.4 Å². The largest absolute Gasteiger partial charge is 0.481 e. The molecule has 0 bridgehead atoms. The Morgan fingerprint density at radius 1 is 1.28 bits per heavy atom. The van der Waals surface area contributed by atoms with Gasteiger partial charge in [-0.25, -0.2) is 13.1 Å². The molecule has 0 aliphatic carbocycles. The van der Waals surface area contributed by atoms with Crippen molar-refractivity contribution in [2.75, 3.05) is 0 Å². The number of hydrogen-bond donors (Lipinski definition) is 3. The Hall–Kier alpha value is -1.93. The molecule has 98 valence electrons. The van der Waals surface area contributed by atoms with Crippen LogP contribution in [-0.4, -0.2) is 31.4 Å². The van der Waals surface area contributed by atoms with Gasteiger partial charge in [0.25, 0.3) is 15.9 Å². The number of sulfonamides is 1. The van der Waals surface area contributed by atoms with Crippen LogP contribution in [0.25, 0.3) is 0 Å². The number of carbonyl (C=O) groups excluding carboxylic acids is 1. The van der Waals surface area contributed by atoms with Crippen molar-refractivity contribution in [2.24, 2.45) is 5.73 Å². The molecular formula is C10H12N2O5S. The van der Waals surface area contributed by atoms with E-state index >= 15 is 0 Å². The number of carboxylic acid groups (broad SMARTS) is 1. The van der Waals surface area contributed by atoms with E-state index in [-0.39, 0.29) is 4.90 Å². The summed E-state index contributed by atoms with van der Waals surface area (Å²) >= 11 is 0. The lowest BCUT2D eigenvalue weighted by Gasteiger charge is -2.10. The van der Waals surface area contributed by atoms with E-state index in [1.54, 1.807) is 10.8 Å². The fourth-order valence-electron chi connectivity index (χ4n) is 1.15. The van der Waals surface area contributed by atoms with E-state index < -0.39 is 34.4 Å². The van der Waals surface area contributed by atoms with Crippen molar-refractivity contribution >= 4 is 21.9 Å². The van der Waals surface area contributed by atoms with E-state index in [1.165, 1.54) is 24.3 Å². The third-order valence-electron chi connectivity index (χ3n) is 2.02. The molecule has 0 fully saturated rings. The summed E-state index contributed by atoms with van der Waals surface area (Å²) in [7, 11) is -4.01. The highest BCUT2D eigenvalue weighted by Crippen LogP contribution is 2.07. The Morgan fingerprint density at radius 3 is 2.33 bits per heavy atom. The minimum atomic E-state index is -4.01. The average Bonchev–Trinajstić information content (AvgIpc) is 2.28. The van der Waals surface area contributed by atoms with Crippen LogP contribution >= 0.6 is 0 Å². The number of rotatable bonds is 5. The van der Waals surface area contributed by atoms with Crippen molar-refractivity contribution in [3.63, 3.8) is 0 Å². The maximum atomic E-state index is 11.7. The van der Waals surface area contributed by atoms with Crippen LogP contribution in [0.1, 0.15) is 6.42 Å². The van der Waals surface area contributed by atoms with Gasteiger partial charge in [-0.2, -0.15) is 0 Å². The van der Waals surface area contributed by atoms with Crippen LogP contribution in [0.5, 0.6) is 0 Å². The van der Waals surface area contributed by atoms with Gasteiger partial charge < -0.3 is 10.8 Å². The van der Waals surface area contributed by atoms with Gasteiger partial charge in [0.1, 0.15) is 0 Å². The van der Waals surface area contributed by atoms with Crippen LogP contribution in [0.15, 0.2) is 35.2 Å². The predicted octanol–water partition coefficient (Wildman–Crippen LogP) is -0.706. The molecular weight excluding hydrogens is 260 g/mol. The van der Waals surface area contributed by atoms with E-state index in [0.29, 0.717) is 0 Å². The summed E-state index contributed by atoms with van der Waals surface area (Å²) in [6, 6.07) is 5.81. The zero-order valence-corrected chi connectivity index (χ0v) is 10.1. The molecule has 0 unspecified atom stereocenters. The van der Waals surface area contributed by atoms with Crippen molar-refractivity contribution in [1.29, 1.82) is 0 Å². The van der Waals surface area contributed by atoms with Gasteiger partial charge in [-0.1, -0.05) is 18.2 Å². The monoisotopic (exact) mass is 272 g/mol. The second kappa shape index (κ2) is 5.61. The lowest BCUT2D eigenvalue weighted by Crippen LogP contribution is -2.44. The van der Waals surface area contributed by atoms with E-state index in [2.05, 4.69) is 0 Å². The third-order valence-corrected chi connectivity index (χ3v) is 3.38. The summed E-state index contributed by atoms with van der Waals surface area (Å²) in [5, 5.41) is 8.44. The Kier molecular flexibility index (Phi) is 4.40. The van der Waals surface area contributed by atoms with Crippen molar-refractivity contribution in [3.05, 3.63) is 30.3 Å². The summed E-state index contributed by atoms with van der Waals surface area (Å²) in [4.78, 5) is 21.6. The maximum absolute atomic E-state index is 11.7. The van der Waals surface area contributed by atoms with E-state index in [9.17, 15) is 18.0 Å². The molecule has 1 rings (SSSR count). The van der Waals surface area contributed by atoms with Gasteiger partial charge in [-0.15, -0.1) is 0 Å². The summed E-state index contributed by atoms with van der Waals surface area (Å²) in [6.45, 7) is 0. The van der Waals surface area contributed by atoms with Gasteiger partial charge in [0, 0.05) is 0 Å². The first-order chi connectivity index (χ1) is 8.33. The van der Waals surface area contributed by atoms with Crippen molar-refractivity contribution in [3.8, 4) is 0 Å². The molecule has 0 radical (unpaired) electrons. The first-order valence-corrected chi connectivity index (χ1v) is 6.40. The van der Waals surface area contributed by atoms with Gasteiger partial charge in [-0.05, 0) is 12.1 Å². The normalized spacial score (nSPS) is 12.7. The number of benzene rings is 1. The smallest absolute Gasteiger partial charge is 0.305 e. The standard InChI is InChI=1S/C10H12N2O5S/c11-8(6-9(13)14)10(15)12-18(16,17)7-4-2-1-3-5-7/h1-5,8H,6,11H2,(H,12,15)(H,13,14)/t8-/m0/s1. The Bertz CT molecular complexity index is 541. The second-order valence-electron chi connectivity index (χ2n) is 3.49. The molecule has 1 amide bonds. The summed E-state index contributed by atoms with van der Waals surface area (Å²) in [5.74, 6) is -2.34. The molecule has 1 aromatic carbocycles. The molecule has 0 aliphatic heterocycles. The predicted molar refractivity (Wildman–Crippen MR) is 62.0 cm³/mol. The highest BCUT2D eigenvalue weighted by atomic mass is 32.2. The minimum absolute atomic E-state index is 0.0964. The van der Waals surface area contributed by atoms with Crippen LogP contribution < -0.4 is 10.5 Å². The fraction of sp³-hybridized carbons (Fsp3) is 0.200. The quantitative estimate of drug-likeness (QED) is 0.650. The number of aliphatic carboxylic acids is 1. The van der Waals surface area contributed by atoms with Gasteiger partial charge in [0.15, 0.2) is 0 Å². The van der Waals surface area contributed by atoms with E-state index in [0.717, 1.165) is 0 Å². The molecule has 1 aromatic rings. The van der Waals surface area contributed by atoms with Crippen LogP contribution in [-0.2, 0) is 19.6 Å². The molecule has 7 nitrogen and oxygen atoms in total. The number of carboxylic acids is 1. The summed E-state index contributed by atoms with van der Waals surface area (Å²) < 4.78 is 25.1. The van der Waals surface area contributed by atoms with Gasteiger partial charge in [-0.3, -0.25) is 9.59 Å². The maximum Gasteiger partial charge on any atom is 0.305 e. The molecule has 18 heavy (non-hydrogen) atoms. The SMILES string of the molecule is N[C@@H](CC(=O)O)C(=O)NS(=O)(=O)c1ccccc1. The Balaban J connectivity index is 2.79. The van der Waals surface area contributed by atoms with Crippen LogP contribution in [0.3, 0.4) is 0 Å². The van der Waals surface area contributed by atoms with Crippen molar-refractivity contribution in [2.45, 2.75) is 17.4 Å². The Morgan fingerprint density at radius 2 is 1.83 bits per heavy atom. The summed E-state index contributed by atoms with van der Waals surface area (Å²) in [6.07, 6.45) is -0.643. The van der Waals surface area contributed by atoms with E-state index in [4.69, 9.17) is 10.8 Å². The lowest BCUT2D eigenvalue weighted by molar-refractivity contribution is -0.139. The summed E-state index contributed by atoms with van der Waals surface area (Å²) in [5.41, 5.74) is 5.25. The zero-order valence-electron chi connectivity index (χ0n) is 9.24. The number of nitrogens with one attached hydrogen (secondary N) is 1. The molecule has 0 saturated carbocycles. The van der Waals surface area contributed by atoms with Crippen molar-refractivity contribution < 1.29 is 23.1 Å². The van der Waals surface area contributed by atoms with Crippen molar-refractivity contribution in [1.82, 2.24) is 4.72 Å². The lowest BCUT2D eigenvalue weighted by atomic mass is 10.2. The minimum Gasteiger partial charge on any atom is -0.481 e. The molecule has 4 N–H and O–H groups in total. The first-order valence-electron chi connectivity index (χ1n) is 4.92. The Labute approximate surface area is 104 Å². The number of nitrogens with two attached hydrogens (primary N) is 1.